The lowest BCUT2D eigenvalue weighted by molar-refractivity contribution is -0.135. The van der Waals surface area contributed by atoms with Gasteiger partial charge in [0.05, 0.1) is 5.57 Å². The van der Waals surface area contributed by atoms with Gasteiger partial charge in [0.25, 0.3) is 0 Å². The van der Waals surface area contributed by atoms with Crippen LogP contribution in [-0.2, 0) is 9.53 Å². The van der Waals surface area contributed by atoms with Gasteiger partial charge in [0.2, 0.25) is 0 Å². The maximum atomic E-state index is 11.7. The number of esters is 1. The summed E-state index contributed by atoms with van der Waals surface area (Å²) < 4.78 is 5.15. The molecule has 3 rings (SSSR count). The molecule has 0 bridgehead atoms. The first-order valence-electron chi connectivity index (χ1n) is 6.56. The number of rotatable bonds is 0. The van der Waals surface area contributed by atoms with Crippen molar-refractivity contribution in [2.75, 3.05) is 6.61 Å². The van der Waals surface area contributed by atoms with Gasteiger partial charge in [-0.05, 0) is 48.2 Å². The molecule has 0 radical (unpaired) electrons. The van der Waals surface area contributed by atoms with Gasteiger partial charge in [0, 0.05) is 0 Å². The van der Waals surface area contributed by atoms with Crippen molar-refractivity contribution < 1.29 is 9.53 Å². The Morgan fingerprint density at radius 1 is 1.41 bits per heavy atom. The van der Waals surface area contributed by atoms with Crippen LogP contribution in [-0.4, -0.2) is 12.6 Å². The topological polar surface area (TPSA) is 26.3 Å². The third kappa shape index (κ3) is 1.74. The third-order valence-corrected chi connectivity index (χ3v) is 4.49. The first kappa shape index (κ1) is 11.1. The zero-order chi connectivity index (χ0) is 12.2. The zero-order valence-corrected chi connectivity index (χ0v) is 10.9. The van der Waals surface area contributed by atoms with E-state index in [0.29, 0.717) is 23.9 Å². The molecule has 1 heterocycles. The number of carbonyl (C=O) groups is 1. The summed E-state index contributed by atoms with van der Waals surface area (Å²) in [7, 11) is 0. The van der Waals surface area contributed by atoms with E-state index < -0.39 is 0 Å². The molecular formula is C15H20O2. The summed E-state index contributed by atoms with van der Waals surface area (Å²) in [5, 5.41) is 0. The van der Waals surface area contributed by atoms with E-state index in [-0.39, 0.29) is 5.97 Å². The molecule has 1 fully saturated rings. The molecule has 1 aliphatic heterocycles. The highest BCUT2D eigenvalue weighted by molar-refractivity contribution is 5.95. The Labute approximate surface area is 103 Å². The summed E-state index contributed by atoms with van der Waals surface area (Å²) in [6, 6.07) is 0. The molecule has 0 spiro atoms. The van der Waals surface area contributed by atoms with Crippen LogP contribution in [0.15, 0.2) is 22.8 Å². The van der Waals surface area contributed by atoms with E-state index in [2.05, 4.69) is 26.8 Å². The predicted octanol–water partition coefficient (Wildman–Crippen LogP) is 3.24. The van der Waals surface area contributed by atoms with Gasteiger partial charge in [0.15, 0.2) is 0 Å². The SMILES string of the molecule is C[C@H]1CC2=C(C=C3CC(C)(C)C[C@@H]31)C(=O)OC2. The fraction of sp³-hybridized carbons (Fsp3) is 0.667. The zero-order valence-electron chi connectivity index (χ0n) is 10.9. The molecule has 0 saturated heterocycles. The highest BCUT2D eigenvalue weighted by Crippen LogP contribution is 2.51. The molecule has 2 heteroatoms. The van der Waals surface area contributed by atoms with Crippen molar-refractivity contribution in [2.45, 2.75) is 40.0 Å². The molecule has 0 amide bonds. The van der Waals surface area contributed by atoms with Crippen LogP contribution in [0.2, 0.25) is 0 Å². The van der Waals surface area contributed by atoms with Crippen LogP contribution in [0.1, 0.15) is 40.0 Å². The molecular weight excluding hydrogens is 212 g/mol. The van der Waals surface area contributed by atoms with Crippen molar-refractivity contribution in [2.24, 2.45) is 17.3 Å². The molecule has 0 aromatic heterocycles. The number of allylic oxidation sites excluding steroid dienone is 1. The fourth-order valence-corrected chi connectivity index (χ4v) is 3.71. The first-order chi connectivity index (χ1) is 7.96. The van der Waals surface area contributed by atoms with Crippen LogP contribution in [0.4, 0.5) is 0 Å². The minimum absolute atomic E-state index is 0.106. The number of hydrogen-bond acceptors (Lipinski definition) is 2. The van der Waals surface area contributed by atoms with Crippen LogP contribution in [0.5, 0.6) is 0 Å². The number of hydrogen-bond donors (Lipinski definition) is 0. The van der Waals surface area contributed by atoms with Crippen LogP contribution in [0.3, 0.4) is 0 Å². The highest BCUT2D eigenvalue weighted by atomic mass is 16.5. The van der Waals surface area contributed by atoms with E-state index in [0.717, 1.165) is 18.4 Å². The summed E-state index contributed by atoms with van der Waals surface area (Å²) in [6.45, 7) is 7.51. The lowest BCUT2D eigenvalue weighted by Crippen LogP contribution is -2.12. The lowest BCUT2D eigenvalue weighted by Gasteiger charge is -2.21. The van der Waals surface area contributed by atoms with E-state index in [1.54, 1.807) is 0 Å². The van der Waals surface area contributed by atoms with Crippen LogP contribution in [0.25, 0.3) is 0 Å². The largest absolute Gasteiger partial charge is 0.458 e. The maximum Gasteiger partial charge on any atom is 0.338 e. The normalized spacial score (nSPS) is 35.0. The quantitative estimate of drug-likeness (QED) is 0.599. The highest BCUT2D eigenvalue weighted by Gasteiger charge is 2.41. The van der Waals surface area contributed by atoms with Crippen molar-refractivity contribution in [3.63, 3.8) is 0 Å². The number of carbonyl (C=O) groups excluding carboxylic acids is 1. The molecule has 2 aliphatic carbocycles. The van der Waals surface area contributed by atoms with Gasteiger partial charge in [-0.15, -0.1) is 0 Å². The van der Waals surface area contributed by atoms with Crippen LogP contribution in [0, 0.1) is 17.3 Å². The first-order valence-corrected chi connectivity index (χ1v) is 6.56. The van der Waals surface area contributed by atoms with Crippen LogP contribution < -0.4 is 0 Å². The average molecular weight is 232 g/mol. The van der Waals surface area contributed by atoms with Gasteiger partial charge in [-0.1, -0.05) is 26.3 Å². The van der Waals surface area contributed by atoms with Gasteiger partial charge in [0.1, 0.15) is 6.61 Å². The minimum atomic E-state index is -0.106. The van der Waals surface area contributed by atoms with Gasteiger partial charge in [-0.3, -0.25) is 0 Å². The Bertz CT molecular complexity index is 440. The van der Waals surface area contributed by atoms with E-state index in [1.165, 1.54) is 17.6 Å². The molecule has 17 heavy (non-hydrogen) atoms. The molecule has 0 aromatic rings. The number of fused-ring (bicyclic) bond motifs is 1. The third-order valence-electron chi connectivity index (χ3n) is 4.49. The Morgan fingerprint density at radius 3 is 2.94 bits per heavy atom. The Kier molecular flexibility index (Phi) is 2.26. The maximum absolute atomic E-state index is 11.7. The molecule has 2 atom stereocenters. The Hall–Kier alpha value is -1.05. The average Bonchev–Trinajstić information content (AvgIpc) is 2.68. The monoisotopic (exact) mass is 232 g/mol. The molecule has 0 N–H and O–H groups in total. The summed E-state index contributed by atoms with van der Waals surface area (Å²) in [6.07, 6.45) is 5.57. The fourth-order valence-electron chi connectivity index (χ4n) is 3.71. The minimum Gasteiger partial charge on any atom is -0.458 e. The standard InChI is InChI=1S/C15H20O2/c1-9-4-11-8-17-14(16)12(11)5-10-6-15(2,3)7-13(9)10/h5,9,13H,4,6-8H2,1-3H3/t9-,13+/m0/s1. The van der Waals surface area contributed by atoms with Crippen molar-refractivity contribution in [1.82, 2.24) is 0 Å². The molecule has 0 unspecified atom stereocenters. The predicted molar refractivity (Wildman–Crippen MR) is 66.4 cm³/mol. The molecule has 92 valence electrons. The second-order valence-corrected chi connectivity index (χ2v) is 6.65. The van der Waals surface area contributed by atoms with Crippen molar-refractivity contribution in [3.05, 3.63) is 22.8 Å². The van der Waals surface area contributed by atoms with Crippen molar-refractivity contribution >= 4 is 5.97 Å². The number of ether oxygens (including phenoxy) is 1. The van der Waals surface area contributed by atoms with E-state index >= 15 is 0 Å². The van der Waals surface area contributed by atoms with Gasteiger partial charge >= 0.3 is 5.97 Å². The molecule has 1 saturated carbocycles. The van der Waals surface area contributed by atoms with Gasteiger partial charge in [-0.25, -0.2) is 4.79 Å². The lowest BCUT2D eigenvalue weighted by atomic mass is 9.83. The van der Waals surface area contributed by atoms with Crippen molar-refractivity contribution in [1.29, 1.82) is 0 Å². The summed E-state index contributed by atoms with van der Waals surface area (Å²) in [5.41, 5.74) is 3.96. The van der Waals surface area contributed by atoms with E-state index in [1.807, 2.05) is 0 Å². The number of cyclic esters (lactones) is 1. The second kappa shape index (κ2) is 3.47. The molecule has 3 aliphatic rings. The summed E-state index contributed by atoms with van der Waals surface area (Å²) in [5.74, 6) is 1.21. The Balaban J connectivity index is 2.02. The summed E-state index contributed by atoms with van der Waals surface area (Å²) in [4.78, 5) is 11.7. The molecule has 0 aromatic carbocycles. The van der Waals surface area contributed by atoms with E-state index in [9.17, 15) is 4.79 Å². The van der Waals surface area contributed by atoms with Gasteiger partial charge in [-0.2, -0.15) is 0 Å². The summed E-state index contributed by atoms with van der Waals surface area (Å²) >= 11 is 0. The van der Waals surface area contributed by atoms with Crippen molar-refractivity contribution in [3.8, 4) is 0 Å². The van der Waals surface area contributed by atoms with Gasteiger partial charge < -0.3 is 4.74 Å². The molecule has 2 nitrogen and oxygen atoms in total. The Morgan fingerprint density at radius 2 is 2.18 bits per heavy atom. The smallest absolute Gasteiger partial charge is 0.338 e. The van der Waals surface area contributed by atoms with Crippen LogP contribution >= 0.6 is 0 Å². The van der Waals surface area contributed by atoms with E-state index in [4.69, 9.17) is 4.74 Å². The second-order valence-electron chi connectivity index (χ2n) is 6.65.